The van der Waals surface area contributed by atoms with E-state index in [2.05, 4.69) is 11.9 Å². The number of carbonyl (C=O) groups is 2. The van der Waals surface area contributed by atoms with Gasteiger partial charge < -0.3 is 14.8 Å². The van der Waals surface area contributed by atoms with Crippen molar-refractivity contribution in [2.45, 2.75) is 31.9 Å². The molecular weight excluding hydrogens is 234 g/mol. The number of hydrogen-bond acceptors (Lipinski definition) is 4. The van der Waals surface area contributed by atoms with Crippen LogP contribution < -0.4 is 5.32 Å². The molecule has 5 heteroatoms. The summed E-state index contributed by atoms with van der Waals surface area (Å²) < 4.78 is 10.3. The molecule has 0 spiro atoms. The molecule has 1 rings (SSSR count). The molecular formula is C13H19NO4. The van der Waals surface area contributed by atoms with Crippen molar-refractivity contribution in [3.63, 3.8) is 0 Å². The third-order valence-corrected chi connectivity index (χ3v) is 2.42. The maximum atomic E-state index is 11.4. The van der Waals surface area contributed by atoms with Crippen LogP contribution in [0.5, 0.6) is 0 Å². The first-order valence-corrected chi connectivity index (χ1v) is 5.95. The van der Waals surface area contributed by atoms with Gasteiger partial charge in [0.25, 0.3) is 0 Å². The van der Waals surface area contributed by atoms with Crippen molar-refractivity contribution in [3.8, 4) is 0 Å². The molecule has 1 amide bonds. The lowest BCUT2D eigenvalue weighted by Crippen LogP contribution is -2.40. The average molecular weight is 253 g/mol. The molecule has 1 heterocycles. The second kappa shape index (κ2) is 7.66. The minimum atomic E-state index is -0.327. The third-order valence-electron chi connectivity index (χ3n) is 2.42. The van der Waals surface area contributed by atoms with E-state index in [0.29, 0.717) is 19.4 Å². The lowest BCUT2D eigenvalue weighted by molar-refractivity contribution is -0.144. The molecule has 1 aliphatic heterocycles. The number of nitrogens with one attached hydrogen (secondary N) is 1. The molecule has 100 valence electrons. The Morgan fingerprint density at radius 3 is 2.89 bits per heavy atom. The zero-order chi connectivity index (χ0) is 13.4. The summed E-state index contributed by atoms with van der Waals surface area (Å²) in [6.07, 6.45) is 6.24. The largest absolute Gasteiger partial charge is 0.463 e. The van der Waals surface area contributed by atoms with Crippen LogP contribution >= 0.6 is 0 Å². The smallest absolute Gasteiger partial charge is 0.302 e. The van der Waals surface area contributed by atoms with E-state index in [9.17, 15) is 9.59 Å². The molecule has 5 nitrogen and oxygen atoms in total. The van der Waals surface area contributed by atoms with Gasteiger partial charge in [0.1, 0.15) is 12.7 Å². The number of rotatable bonds is 6. The zero-order valence-electron chi connectivity index (χ0n) is 10.6. The molecule has 18 heavy (non-hydrogen) atoms. The molecule has 0 bridgehead atoms. The predicted molar refractivity (Wildman–Crippen MR) is 66.9 cm³/mol. The van der Waals surface area contributed by atoms with Gasteiger partial charge in [0.2, 0.25) is 5.91 Å². The molecule has 2 atom stereocenters. The van der Waals surface area contributed by atoms with Crippen molar-refractivity contribution in [1.82, 2.24) is 5.32 Å². The van der Waals surface area contributed by atoms with Crippen LogP contribution in [-0.2, 0) is 19.1 Å². The molecule has 0 saturated carbocycles. The van der Waals surface area contributed by atoms with Gasteiger partial charge in [-0.3, -0.25) is 9.59 Å². The molecule has 0 fully saturated rings. The summed E-state index contributed by atoms with van der Waals surface area (Å²) in [6, 6.07) is -0.115. The van der Waals surface area contributed by atoms with E-state index < -0.39 is 0 Å². The van der Waals surface area contributed by atoms with Gasteiger partial charge in [0.15, 0.2) is 0 Å². The first-order chi connectivity index (χ1) is 8.61. The van der Waals surface area contributed by atoms with Gasteiger partial charge in [-0.1, -0.05) is 18.2 Å². The Morgan fingerprint density at radius 1 is 1.56 bits per heavy atom. The van der Waals surface area contributed by atoms with Gasteiger partial charge in [-0.25, -0.2) is 0 Å². The molecule has 0 aromatic heterocycles. The van der Waals surface area contributed by atoms with Crippen molar-refractivity contribution in [2.75, 3.05) is 13.2 Å². The molecule has 0 unspecified atom stereocenters. The zero-order valence-corrected chi connectivity index (χ0v) is 10.6. The highest BCUT2D eigenvalue weighted by Crippen LogP contribution is 2.06. The Morgan fingerprint density at radius 2 is 2.33 bits per heavy atom. The summed E-state index contributed by atoms with van der Waals surface area (Å²) in [5, 5.41) is 2.83. The van der Waals surface area contributed by atoms with Crippen LogP contribution in [0.1, 0.15) is 19.8 Å². The number of carbonyl (C=O) groups excluding carboxylic acids is 2. The fourth-order valence-corrected chi connectivity index (χ4v) is 1.50. The van der Waals surface area contributed by atoms with E-state index >= 15 is 0 Å². The molecule has 0 aromatic rings. The third kappa shape index (κ3) is 5.63. The summed E-state index contributed by atoms with van der Waals surface area (Å²) in [4.78, 5) is 22.1. The van der Waals surface area contributed by atoms with Crippen molar-refractivity contribution in [2.24, 2.45) is 0 Å². The topological polar surface area (TPSA) is 64.6 Å². The Bertz CT molecular complexity index is 338. The predicted octanol–water partition coefficient (Wildman–Crippen LogP) is 0.955. The minimum Gasteiger partial charge on any atom is -0.463 e. The quantitative estimate of drug-likeness (QED) is 0.565. The first kappa shape index (κ1) is 14.4. The van der Waals surface area contributed by atoms with Crippen molar-refractivity contribution in [3.05, 3.63) is 24.8 Å². The number of ether oxygens (including phenoxy) is 2. The van der Waals surface area contributed by atoms with Crippen LogP contribution in [0.3, 0.4) is 0 Å². The number of hydrogen-bond donors (Lipinski definition) is 1. The summed E-state index contributed by atoms with van der Waals surface area (Å²) in [6.45, 7) is 5.52. The van der Waals surface area contributed by atoms with Gasteiger partial charge >= 0.3 is 5.97 Å². The van der Waals surface area contributed by atoms with E-state index in [1.54, 1.807) is 12.2 Å². The van der Waals surface area contributed by atoms with Crippen molar-refractivity contribution in [1.29, 1.82) is 0 Å². The van der Waals surface area contributed by atoms with E-state index in [1.165, 1.54) is 6.92 Å². The van der Waals surface area contributed by atoms with Crippen molar-refractivity contribution >= 4 is 11.9 Å². The van der Waals surface area contributed by atoms with Crippen LogP contribution in [0.15, 0.2) is 24.8 Å². The van der Waals surface area contributed by atoms with E-state index in [1.807, 2.05) is 6.08 Å². The molecule has 0 radical (unpaired) electrons. The summed E-state index contributed by atoms with van der Waals surface area (Å²) in [5.74, 6) is -0.349. The van der Waals surface area contributed by atoms with Gasteiger partial charge in [-0.05, 0) is 6.42 Å². The number of allylic oxidation sites excluding steroid dienone is 1. The Balaban J connectivity index is 2.27. The minimum absolute atomic E-state index is 0.0217. The van der Waals surface area contributed by atoms with Gasteiger partial charge in [0, 0.05) is 13.3 Å². The standard InChI is InChI=1S/C13H19NO4/c1-3-4-5-13(16)14-11-6-7-12(18-8-11)9-17-10(2)15/h3,6-7,11-12H,1,4-5,8-9H2,2H3,(H,14,16)/t11-,12-/m1/s1. The lowest BCUT2D eigenvalue weighted by Gasteiger charge is -2.24. The monoisotopic (exact) mass is 253 g/mol. The summed E-state index contributed by atoms with van der Waals surface area (Å²) in [5.41, 5.74) is 0. The number of esters is 1. The maximum Gasteiger partial charge on any atom is 0.302 e. The second-order valence-corrected chi connectivity index (χ2v) is 4.06. The van der Waals surface area contributed by atoms with E-state index in [-0.39, 0.29) is 30.6 Å². The Labute approximate surface area is 107 Å². The Hall–Kier alpha value is -1.62. The summed E-state index contributed by atoms with van der Waals surface area (Å²) in [7, 11) is 0. The van der Waals surface area contributed by atoms with Gasteiger partial charge in [0.05, 0.1) is 12.6 Å². The molecule has 0 saturated heterocycles. The highest BCUT2D eigenvalue weighted by molar-refractivity contribution is 5.76. The molecule has 0 aliphatic carbocycles. The van der Waals surface area contributed by atoms with Crippen LogP contribution in [0, 0.1) is 0 Å². The maximum absolute atomic E-state index is 11.4. The molecule has 0 aromatic carbocycles. The van der Waals surface area contributed by atoms with Crippen LogP contribution in [0.4, 0.5) is 0 Å². The van der Waals surface area contributed by atoms with E-state index in [4.69, 9.17) is 9.47 Å². The van der Waals surface area contributed by atoms with Crippen LogP contribution in [0.2, 0.25) is 0 Å². The Kier molecular flexibility index (Phi) is 6.14. The van der Waals surface area contributed by atoms with Crippen LogP contribution in [-0.4, -0.2) is 37.2 Å². The summed E-state index contributed by atoms with van der Waals surface area (Å²) >= 11 is 0. The van der Waals surface area contributed by atoms with Crippen molar-refractivity contribution < 1.29 is 19.1 Å². The molecule has 1 N–H and O–H groups in total. The SMILES string of the molecule is C=CCCC(=O)N[C@@H]1C=C[C@H](COC(C)=O)OC1. The number of amides is 1. The first-order valence-electron chi connectivity index (χ1n) is 5.95. The van der Waals surface area contributed by atoms with Crippen LogP contribution in [0.25, 0.3) is 0 Å². The average Bonchev–Trinajstić information content (AvgIpc) is 2.35. The molecule has 1 aliphatic rings. The second-order valence-electron chi connectivity index (χ2n) is 4.06. The highest BCUT2D eigenvalue weighted by Gasteiger charge is 2.18. The fraction of sp³-hybridized carbons (Fsp3) is 0.538. The highest BCUT2D eigenvalue weighted by atomic mass is 16.6. The fourth-order valence-electron chi connectivity index (χ4n) is 1.50. The normalized spacial score (nSPS) is 22.3. The van der Waals surface area contributed by atoms with E-state index in [0.717, 1.165) is 0 Å². The van der Waals surface area contributed by atoms with Gasteiger partial charge in [-0.2, -0.15) is 0 Å². The van der Waals surface area contributed by atoms with Gasteiger partial charge in [-0.15, -0.1) is 6.58 Å². The lowest BCUT2D eigenvalue weighted by atomic mass is 10.2.